The number of hydrogen-bond acceptors (Lipinski definition) is 7. The van der Waals surface area contributed by atoms with E-state index < -0.39 is 5.91 Å². The van der Waals surface area contributed by atoms with Gasteiger partial charge in [-0.05, 0) is 36.0 Å². The third-order valence-electron chi connectivity index (χ3n) is 6.28. The molecule has 0 saturated carbocycles. The number of hydrogen-bond donors (Lipinski definition) is 2. The van der Waals surface area contributed by atoms with Crippen molar-refractivity contribution in [3.8, 4) is 0 Å². The van der Waals surface area contributed by atoms with Crippen LogP contribution >= 0.6 is 0 Å². The number of anilines is 1. The van der Waals surface area contributed by atoms with Gasteiger partial charge in [0.15, 0.2) is 0 Å². The molecule has 0 aliphatic carbocycles. The average molecular weight is 404 g/mol. The Bertz CT molecular complexity index is 1050. The maximum Gasteiger partial charge on any atom is 0.277 e. The fraction of sp³-hybridized carbons (Fsp3) is 0.364. The molecule has 8 heteroatoms. The Hall–Kier alpha value is -3.10. The fourth-order valence-corrected chi connectivity index (χ4v) is 4.64. The molecule has 3 aromatic rings. The molecule has 2 saturated heterocycles. The highest BCUT2D eigenvalue weighted by Gasteiger charge is 2.44. The smallest absolute Gasteiger partial charge is 0.277 e. The first-order valence-corrected chi connectivity index (χ1v) is 10.2. The first-order chi connectivity index (χ1) is 14.6. The van der Waals surface area contributed by atoms with Crippen LogP contribution in [-0.4, -0.2) is 57.1 Å². The number of nitrogens with one attached hydrogen (secondary N) is 1. The quantitative estimate of drug-likeness (QED) is 0.509. The van der Waals surface area contributed by atoms with Crippen molar-refractivity contribution in [2.24, 2.45) is 5.41 Å². The topological polar surface area (TPSA) is 94.5 Å². The van der Waals surface area contributed by atoms with Crippen molar-refractivity contribution in [3.63, 3.8) is 0 Å². The minimum atomic E-state index is -0.602. The minimum Gasteiger partial charge on any atom is -0.341 e. The Morgan fingerprint density at radius 1 is 1.07 bits per heavy atom. The molecule has 8 nitrogen and oxygen atoms in total. The summed E-state index contributed by atoms with van der Waals surface area (Å²) in [4.78, 5) is 29.2. The van der Waals surface area contributed by atoms with Gasteiger partial charge in [-0.25, -0.2) is 15.4 Å². The molecule has 30 heavy (non-hydrogen) atoms. The summed E-state index contributed by atoms with van der Waals surface area (Å²) < 4.78 is 0. The Labute approximate surface area is 174 Å². The third-order valence-corrected chi connectivity index (χ3v) is 6.28. The summed E-state index contributed by atoms with van der Waals surface area (Å²) in [5.74, 6) is 0.0353. The van der Waals surface area contributed by atoms with Crippen LogP contribution < -0.4 is 10.4 Å². The van der Waals surface area contributed by atoms with Crippen LogP contribution in [0.3, 0.4) is 0 Å². The molecule has 0 bridgehead atoms. The SMILES string of the molecule is O=C(NO)c1cnc(N2CCC3(CC2)CN(Cc2cnc4ccccc4c2)C3)nc1. The van der Waals surface area contributed by atoms with Crippen molar-refractivity contribution in [3.05, 3.63) is 60.0 Å². The maximum absolute atomic E-state index is 11.4. The first kappa shape index (κ1) is 18.9. The number of nitrogens with zero attached hydrogens (tertiary/aromatic N) is 5. The van der Waals surface area contributed by atoms with E-state index in [1.165, 1.54) is 23.3 Å². The number of hydroxylamine groups is 1. The van der Waals surface area contributed by atoms with Crippen LogP contribution in [0.5, 0.6) is 0 Å². The lowest BCUT2D eigenvalue weighted by Gasteiger charge is -2.54. The molecule has 0 unspecified atom stereocenters. The van der Waals surface area contributed by atoms with Gasteiger partial charge in [-0.3, -0.25) is 19.9 Å². The number of likely N-dealkylation sites (tertiary alicyclic amines) is 1. The molecule has 2 fully saturated rings. The monoisotopic (exact) mass is 404 g/mol. The molecule has 2 aliphatic rings. The standard InChI is InChI=1S/C22H24N6O2/c29-20(26-30)18-11-24-21(25-12-18)28-7-5-22(6-8-28)14-27(15-22)13-16-9-17-3-1-2-4-19(17)23-10-16/h1-4,9-12,30H,5-8,13-15H2,(H,26,29). The average Bonchev–Trinajstić information content (AvgIpc) is 2.78. The number of carbonyl (C=O) groups is 1. The van der Waals surface area contributed by atoms with Crippen LogP contribution in [0.15, 0.2) is 48.9 Å². The molecular formula is C22H24N6O2. The van der Waals surface area contributed by atoms with E-state index in [1.807, 2.05) is 18.3 Å². The number of para-hydroxylation sites is 1. The second-order valence-corrected chi connectivity index (χ2v) is 8.38. The number of pyridine rings is 1. The molecule has 154 valence electrons. The molecule has 1 aromatic carbocycles. The Morgan fingerprint density at radius 2 is 1.80 bits per heavy atom. The van der Waals surface area contributed by atoms with Crippen LogP contribution in [0.1, 0.15) is 28.8 Å². The van der Waals surface area contributed by atoms with Crippen LogP contribution in [0, 0.1) is 5.41 Å². The molecule has 1 spiro atoms. The lowest BCUT2D eigenvalue weighted by molar-refractivity contribution is -0.0242. The van der Waals surface area contributed by atoms with Crippen molar-refractivity contribution in [2.75, 3.05) is 31.1 Å². The van der Waals surface area contributed by atoms with Crippen molar-refractivity contribution in [1.29, 1.82) is 0 Å². The molecule has 1 amide bonds. The van der Waals surface area contributed by atoms with Crippen molar-refractivity contribution < 1.29 is 10.0 Å². The first-order valence-electron chi connectivity index (χ1n) is 10.2. The number of aromatic nitrogens is 3. The molecular weight excluding hydrogens is 380 g/mol. The molecule has 2 aromatic heterocycles. The van der Waals surface area contributed by atoms with Crippen LogP contribution in [0.2, 0.25) is 0 Å². The zero-order chi connectivity index (χ0) is 20.6. The molecule has 2 aliphatic heterocycles. The van der Waals surface area contributed by atoms with Crippen LogP contribution in [-0.2, 0) is 6.54 Å². The summed E-state index contributed by atoms with van der Waals surface area (Å²) in [7, 11) is 0. The van der Waals surface area contributed by atoms with Crippen LogP contribution in [0.25, 0.3) is 10.9 Å². The lowest BCUT2D eigenvalue weighted by atomic mass is 9.72. The van der Waals surface area contributed by atoms with E-state index in [0.29, 0.717) is 11.4 Å². The Balaban J connectivity index is 1.15. The number of benzene rings is 1. The number of carbonyl (C=O) groups excluding carboxylic acids is 1. The van der Waals surface area contributed by atoms with Gasteiger partial charge in [0.1, 0.15) is 0 Å². The minimum absolute atomic E-state index is 0.243. The zero-order valence-electron chi connectivity index (χ0n) is 16.7. The molecule has 0 atom stereocenters. The van der Waals surface area contributed by atoms with E-state index in [4.69, 9.17) is 5.21 Å². The summed E-state index contributed by atoms with van der Waals surface area (Å²) in [6.07, 6.45) is 7.11. The van der Waals surface area contributed by atoms with Crippen molar-refractivity contribution >= 4 is 22.8 Å². The van der Waals surface area contributed by atoms with Gasteiger partial charge in [0.25, 0.3) is 5.91 Å². The molecule has 4 heterocycles. The van der Waals surface area contributed by atoms with Gasteiger partial charge in [-0.15, -0.1) is 0 Å². The fourth-order valence-electron chi connectivity index (χ4n) is 4.64. The number of amides is 1. The normalized spacial score (nSPS) is 18.4. The van der Waals surface area contributed by atoms with Crippen molar-refractivity contribution in [1.82, 2.24) is 25.3 Å². The van der Waals surface area contributed by atoms with E-state index in [-0.39, 0.29) is 5.56 Å². The maximum atomic E-state index is 11.4. The molecule has 0 radical (unpaired) electrons. The summed E-state index contributed by atoms with van der Waals surface area (Å²) in [6.45, 7) is 5.00. The lowest BCUT2D eigenvalue weighted by Crippen LogP contribution is -2.59. The predicted molar refractivity (Wildman–Crippen MR) is 112 cm³/mol. The summed E-state index contributed by atoms with van der Waals surface area (Å²) >= 11 is 0. The number of piperidine rings is 1. The second-order valence-electron chi connectivity index (χ2n) is 8.38. The number of rotatable bonds is 4. The highest BCUT2D eigenvalue weighted by atomic mass is 16.5. The molecule has 5 rings (SSSR count). The van der Waals surface area contributed by atoms with Crippen molar-refractivity contribution in [2.45, 2.75) is 19.4 Å². The molecule has 2 N–H and O–H groups in total. The number of fused-ring (bicyclic) bond motifs is 1. The highest BCUT2D eigenvalue weighted by molar-refractivity contribution is 5.92. The highest BCUT2D eigenvalue weighted by Crippen LogP contribution is 2.41. The Kier molecular flexibility index (Phi) is 4.80. The summed E-state index contributed by atoms with van der Waals surface area (Å²) in [5, 5.41) is 9.88. The van der Waals surface area contributed by atoms with Crippen LogP contribution in [0.4, 0.5) is 5.95 Å². The zero-order valence-corrected chi connectivity index (χ0v) is 16.7. The van der Waals surface area contributed by atoms with Gasteiger partial charge >= 0.3 is 0 Å². The van der Waals surface area contributed by atoms with Gasteiger partial charge in [0.2, 0.25) is 5.95 Å². The summed E-state index contributed by atoms with van der Waals surface area (Å²) in [5.41, 5.74) is 4.53. The predicted octanol–water partition coefficient (Wildman–Crippen LogP) is 2.25. The van der Waals surface area contributed by atoms with Gasteiger partial charge in [-0.2, -0.15) is 0 Å². The van der Waals surface area contributed by atoms with E-state index in [2.05, 4.69) is 43.0 Å². The van der Waals surface area contributed by atoms with E-state index in [9.17, 15) is 4.79 Å². The second kappa shape index (κ2) is 7.62. The summed E-state index contributed by atoms with van der Waals surface area (Å²) in [6, 6.07) is 10.5. The largest absolute Gasteiger partial charge is 0.341 e. The van der Waals surface area contributed by atoms with Gasteiger partial charge in [-0.1, -0.05) is 18.2 Å². The Morgan fingerprint density at radius 3 is 2.53 bits per heavy atom. The van der Waals surface area contributed by atoms with Gasteiger partial charge < -0.3 is 4.90 Å². The third kappa shape index (κ3) is 3.59. The van der Waals surface area contributed by atoms with Gasteiger partial charge in [0.05, 0.1) is 11.1 Å². The van der Waals surface area contributed by atoms with Gasteiger partial charge in [0, 0.05) is 56.7 Å². The van der Waals surface area contributed by atoms with E-state index in [1.54, 1.807) is 5.48 Å². The van der Waals surface area contributed by atoms with E-state index in [0.717, 1.165) is 51.1 Å². The van der Waals surface area contributed by atoms with E-state index >= 15 is 0 Å².